The molecular weight excluding hydrogens is 346 g/mol. The summed E-state index contributed by atoms with van der Waals surface area (Å²) in [5.41, 5.74) is 2.83. The standard InChI is InChI=1S/C20H21N3O2S/c24-19(17-9-4-10-21-17)14-26-20-22-12-18(15-6-2-1-3-7-15)23(20)13-16-8-5-11-25-16/h1-4,6-7,9-10,12,16,21H,5,8,11,13-14H2. The Hall–Kier alpha value is -2.31. The molecule has 1 aromatic carbocycles. The third-order valence-corrected chi connectivity index (χ3v) is 5.52. The lowest BCUT2D eigenvalue weighted by Crippen LogP contribution is -2.17. The molecule has 1 unspecified atom stereocenters. The van der Waals surface area contributed by atoms with Crippen LogP contribution in [-0.2, 0) is 11.3 Å². The van der Waals surface area contributed by atoms with Crippen molar-refractivity contribution in [2.24, 2.45) is 0 Å². The van der Waals surface area contributed by atoms with Crippen molar-refractivity contribution in [1.29, 1.82) is 0 Å². The number of nitrogens with one attached hydrogen (secondary N) is 1. The zero-order valence-corrected chi connectivity index (χ0v) is 15.2. The molecule has 5 nitrogen and oxygen atoms in total. The second-order valence-corrected chi connectivity index (χ2v) is 7.28. The number of benzene rings is 1. The molecule has 1 fully saturated rings. The number of hydrogen-bond donors (Lipinski definition) is 1. The highest BCUT2D eigenvalue weighted by atomic mass is 32.2. The summed E-state index contributed by atoms with van der Waals surface area (Å²) >= 11 is 1.48. The quantitative estimate of drug-likeness (QED) is 0.506. The minimum Gasteiger partial charge on any atom is -0.376 e. The Morgan fingerprint density at radius 1 is 1.27 bits per heavy atom. The Bertz CT molecular complexity index is 853. The van der Waals surface area contributed by atoms with Gasteiger partial charge in [0.2, 0.25) is 0 Å². The number of imidazole rings is 1. The number of Topliss-reactive ketones (excluding diaryl/α,β-unsaturated/α-hetero) is 1. The maximum atomic E-state index is 12.3. The van der Waals surface area contributed by atoms with Gasteiger partial charge in [-0.05, 0) is 30.5 Å². The van der Waals surface area contributed by atoms with Crippen LogP contribution in [0.25, 0.3) is 11.3 Å². The molecule has 0 spiro atoms. The molecule has 0 saturated carbocycles. The van der Waals surface area contributed by atoms with E-state index in [1.165, 1.54) is 11.8 Å². The van der Waals surface area contributed by atoms with Crippen molar-refractivity contribution in [2.45, 2.75) is 30.6 Å². The van der Waals surface area contributed by atoms with E-state index in [0.717, 1.165) is 42.4 Å². The Balaban J connectivity index is 1.57. The van der Waals surface area contributed by atoms with E-state index in [4.69, 9.17) is 4.74 Å². The summed E-state index contributed by atoms with van der Waals surface area (Å²) in [6.07, 6.45) is 6.05. The fourth-order valence-electron chi connectivity index (χ4n) is 3.19. The number of carbonyl (C=O) groups is 1. The van der Waals surface area contributed by atoms with E-state index in [0.29, 0.717) is 11.4 Å². The van der Waals surface area contributed by atoms with E-state index in [2.05, 4.69) is 26.7 Å². The van der Waals surface area contributed by atoms with Gasteiger partial charge in [0.05, 0.1) is 36.0 Å². The lowest BCUT2D eigenvalue weighted by molar-refractivity contribution is 0.0954. The number of nitrogens with zero attached hydrogens (tertiary/aromatic N) is 2. The molecule has 1 N–H and O–H groups in total. The first kappa shape index (κ1) is 17.1. The topological polar surface area (TPSA) is 59.9 Å². The van der Waals surface area contributed by atoms with Crippen molar-refractivity contribution in [2.75, 3.05) is 12.4 Å². The van der Waals surface area contributed by atoms with E-state index in [1.54, 1.807) is 12.3 Å². The van der Waals surface area contributed by atoms with E-state index < -0.39 is 0 Å². The van der Waals surface area contributed by atoms with E-state index in [9.17, 15) is 4.79 Å². The Morgan fingerprint density at radius 3 is 2.88 bits per heavy atom. The first-order chi connectivity index (χ1) is 12.8. The molecule has 0 radical (unpaired) electrons. The minimum atomic E-state index is 0.0768. The average Bonchev–Trinajstić information content (AvgIpc) is 3.43. The van der Waals surface area contributed by atoms with Crippen LogP contribution in [0.3, 0.4) is 0 Å². The summed E-state index contributed by atoms with van der Waals surface area (Å²) in [5.74, 6) is 0.435. The van der Waals surface area contributed by atoms with Crippen molar-refractivity contribution in [3.63, 3.8) is 0 Å². The highest BCUT2D eigenvalue weighted by Crippen LogP contribution is 2.28. The van der Waals surface area contributed by atoms with Crippen molar-refractivity contribution < 1.29 is 9.53 Å². The van der Waals surface area contributed by atoms with Crippen LogP contribution in [0.5, 0.6) is 0 Å². The van der Waals surface area contributed by atoms with Crippen LogP contribution >= 0.6 is 11.8 Å². The van der Waals surface area contributed by atoms with E-state index in [-0.39, 0.29) is 11.9 Å². The lowest BCUT2D eigenvalue weighted by atomic mass is 10.1. The molecule has 134 valence electrons. The summed E-state index contributed by atoms with van der Waals surface area (Å²) < 4.78 is 8.02. The molecule has 1 aliphatic heterocycles. The van der Waals surface area contributed by atoms with E-state index >= 15 is 0 Å². The molecule has 0 amide bonds. The van der Waals surface area contributed by atoms with Crippen LogP contribution < -0.4 is 0 Å². The molecule has 1 aliphatic rings. The van der Waals surface area contributed by atoms with Crippen LogP contribution in [0.15, 0.2) is 60.0 Å². The summed E-state index contributed by atoms with van der Waals surface area (Å²) in [5, 5.41) is 0.860. The SMILES string of the molecule is O=C(CSc1ncc(-c2ccccc2)n1CC1CCCO1)c1ccc[nH]1. The molecule has 2 aromatic heterocycles. The number of aromatic amines is 1. The number of rotatable bonds is 7. The van der Waals surface area contributed by atoms with Gasteiger partial charge >= 0.3 is 0 Å². The lowest BCUT2D eigenvalue weighted by Gasteiger charge is -2.16. The smallest absolute Gasteiger partial charge is 0.189 e. The number of carbonyl (C=O) groups excluding carboxylic acids is 1. The molecule has 3 aromatic rings. The zero-order chi connectivity index (χ0) is 17.8. The van der Waals surface area contributed by atoms with Crippen LogP contribution in [0.1, 0.15) is 23.3 Å². The number of H-pyrrole nitrogens is 1. The van der Waals surface area contributed by atoms with Crippen molar-refractivity contribution in [1.82, 2.24) is 14.5 Å². The number of ether oxygens (including phenoxy) is 1. The summed E-state index contributed by atoms with van der Waals surface area (Å²) in [6, 6.07) is 13.9. The third kappa shape index (κ3) is 3.76. The second kappa shape index (κ2) is 7.93. The van der Waals surface area contributed by atoms with E-state index in [1.807, 2.05) is 30.5 Å². The van der Waals surface area contributed by atoms with Gasteiger partial charge in [-0.2, -0.15) is 0 Å². The van der Waals surface area contributed by atoms with Crippen molar-refractivity contribution in [3.05, 3.63) is 60.6 Å². The molecule has 26 heavy (non-hydrogen) atoms. The molecule has 0 aliphatic carbocycles. The molecule has 4 rings (SSSR count). The third-order valence-electron chi connectivity index (χ3n) is 4.53. The molecule has 0 bridgehead atoms. The molecule has 6 heteroatoms. The number of thioether (sulfide) groups is 1. The molecular formula is C20H21N3O2S. The van der Waals surface area contributed by atoms with Gasteiger partial charge < -0.3 is 14.3 Å². The van der Waals surface area contributed by atoms with Crippen LogP contribution in [0, 0.1) is 0 Å². The van der Waals surface area contributed by atoms with Crippen LogP contribution in [0.2, 0.25) is 0 Å². The maximum Gasteiger partial charge on any atom is 0.189 e. The van der Waals surface area contributed by atoms with Crippen LogP contribution in [0.4, 0.5) is 0 Å². The highest BCUT2D eigenvalue weighted by molar-refractivity contribution is 7.99. The Morgan fingerprint density at radius 2 is 2.15 bits per heavy atom. The Labute approximate surface area is 156 Å². The fourth-order valence-corrected chi connectivity index (χ4v) is 4.06. The van der Waals surface area contributed by atoms with Gasteiger partial charge in [-0.1, -0.05) is 42.1 Å². The highest BCUT2D eigenvalue weighted by Gasteiger charge is 2.21. The zero-order valence-electron chi connectivity index (χ0n) is 14.4. The van der Waals surface area contributed by atoms with Crippen molar-refractivity contribution in [3.8, 4) is 11.3 Å². The normalized spacial score (nSPS) is 16.8. The number of aromatic nitrogens is 3. The summed E-state index contributed by atoms with van der Waals surface area (Å²) in [4.78, 5) is 19.9. The molecule has 3 heterocycles. The summed E-state index contributed by atoms with van der Waals surface area (Å²) in [6.45, 7) is 1.59. The number of ketones is 1. The van der Waals surface area contributed by atoms with Crippen LogP contribution in [-0.4, -0.2) is 38.8 Å². The second-order valence-electron chi connectivity index (χ2n) is 6.33. The van der Waals surface area contributed by atoms with Crippen molar-refractivity contribution >= 4 is 17.5 Å². The summed E-state index contributed by atoms with van der Waals surface area (Å²) in [7, 11) is 0. The predicted octanol–water partition coefficient (Wildman–Crippen LogP) is 4.03. The van der Waals surface area contributed by atoms with Gasteiger partial charge in [-0.3, -0.25) is 4.79 Å². The first-order valence-electron chi connectivity index (χ1n) is 8.83. The first-order valence-corrected chi connectivity index (χ1v) is 9.82. The van der Waals surface area contributed by atoms with Gasteiger partial charge in [0.1, 0.15) is 0 Å². The number of hydrogen-bond acceptors (Lipinski definition) is 4. The van der Waals surface area contributed by atoms with Gasteiger partial charge in [-0.15, -0.1) is 0 Å². The molecule has 1 atom stereocenters. The maximum absolute atomic E-state index is 12.3. The largest absolute Gasteiger partial charge is 0.376 e. The average molecular weight is 367 g/mol. The fraction of sp³-hybridized carbons (Fsp3) is 0.300. The van der Waals surface area contributed by atoms with Gasteiger partial charge in [0, 0.05) is 12.8 Å². The predicted molar refractivity (Wildman–Crippen MR) is 102 cm³/mol. The minimum absolute atomic E-state index is 0.0768. The van der Waals surface area contributed by atoms with Gasteiger partial charge in [0.15, 0.2) is 10.9 Å². The Kier molecular flexibility index (Phi) is 5.22. The van der Waals surface area contributed by atoms with Gasteiger partial charge in [-0.25, -0.2) is 4.98 Å². The molecule has 1 saturated heterocycles. The monoisotopic (exact) mass is 367 g/mol. The van der Waals surface area contributed by atoms with Gasteiger partial charge in [0.25, 0.3) is 0 Å².